The number of aromatic nitrogens is 3. The van der Waals surface area contributed by atoms with E-state index in [9.17, 15) is 4.79 Å². The number of rotatable bonds is 6. The summed E-state index contributed by atoms with van der Waals surface area (Å²) < 4.78 is 12.8. The first kappa shape index (κ1) is 19.2. The van der Waals surface area contributed by atoms with E-state index in [1.54, 1.807) is 14.2 Å². The number of likely N-dealkylation sites (tertiary alicyclic amines) is 1. The van der Waals surface area contributed by atoms with Crippen LogP contribution in [0.5, 0.6) is 11.5 Å². The number of nitrogens with zero attached hydrogens (tertiary/aromatic N) is 4. The molecule has 7 nitrogen and oxygen atoms in total. The Kier molecular flexibility index (Phi) is 5.64. The molecule has 0 bridgehead atoms. The van der Waals surface area contributed by atoms with Crippen molar-refractivity contribution in [1.82, 2.24) is 19.5 Å². The van der Waals surface area contributed by atoms with Crippen molar-refractivity contribution in [3.8, 4) is 11.5 Å². The summed E-state index contributed by atoms with van der Waals surface area (Å²) in [6.07, 6.45) is 5.04. The van der Waals surface area contributed by atoms with Gasteiger partial charge in [0, 0.05) is 31.6 Å². The van der Waals surface area contributed by atoms with E-state index in [-0.39, 0.29) is 11.8 Å². The predicted octanol–water partition coefficient (Wildman–Crippen LogP) is 3.09. The van der Waals surface area contributed by atoms with Gasteiger partial charge < -0.3 is 14.4 Å². The van der Waals surface area contributed by atoms with Crippen molar-refractivity contribution in [3.05, 3.63) is 54.0 Å². The van der Waals surface area contributed by atoms with Crippen LogP contribution in [0.3, 0.4) is 0 Å². The summed E-state index contributed by atoms with van der Waals surface area (Å²) in [4.78, 5) is 14.9. The first-order valence-corrected chi connectivity index (χ1v) is 9.98. The van der Waals surface area contributed by atoms with Gasteiger partial charge in [-0.25, -0.2) is 0 Å². The number of amides is 1. The molecule has 0 N–H and O–H groups in total. The Balaban J connectivity index is 1.43. The number of fused-ring (bicyclic) bond motifs is 1. The maximum atomic E-state index is 12.9. The number of carbonyl (C=O) groups is 1. The highest BCUT2D eigenvalue weighted by molar-refractivity contribution is 5.76. The van der Waals surface area contributed by atoms with Crippen LogP contribution in [0.4, 0.5) is 0 Å². The molecule has 1 aromatic carbocycles. The Morgan fingerprint density at radius 1 is 1.17 bits per heavy atom. The average molecular weight is 394 g/mol. The van der Waals surface area contributed by atoms with Crippen LogP contribution in [0.15, 0.2) is 42.6 Å². The second-order valence-electron chi connectivity index (χ2n) is 7.34. The third-order valence-electron chi connectivity index (χ3n) is 5.58. The lowest BCUT2D eigenvalue weighted by Crippen LogP contribution is -2.39. The number of hydrogen-bond donors (Lipinski definition) is 0. The molecule has 0 spiro atoms. The Bertz CT molecular complexity index is 1000. The predicted molar refractivity (Wildman–Crippen MR) is 109 cm³/mol. The van der Waals surface area contributed by atoms with Crippen molar-refractivity contribution in [2.24, 2.45) is 0 Å². The van der Waals surface area contributed by atoms with E-state index in [0.717, 1.165) is 47.9 Å². The lowest BCUT2D eigenvalue weighted by molar-refractivity contribution is -0.132. The van der Waals surface area contributed by atoms with Crippen LogP contribution in [0.25, 0.3) is 5.65 Å². The highest BCUT2D eigenvalue weighted by Crippen LogP contribution is 2.28. The first-order valence-electron chi connectivity index (χ1n) is 9.98. The largest absolute Gasteiger partial charge is 0.497 e. The fraction of sp³-hybridized carbons (Fsp3) is 0.409. The maximum Gasteiger partial charge on any atom is 0.222 e. The fourth-order valence-corrected chi connectivity index (χ4v) is 4.03. The molecule has 152 valence electrons. The normalized spacial score (nSPS) is 16.8. The van der Waals surface area contributed by atoms with Gasteiger partial charge in [0.2, 0.25) is 5.91 Å². The van der Waals surface area contributed by atoms with E-state index in [1.165, 1.54) is 0 Å². The van der Waals surface area contributed by atoms with Gasteiger partial charge in [-0.2, -0.15) is 0 Å². The van der Waals surface area contributed by atoms with Gasteiger partial charge in [0.05, 0.1) is 14.2 Å². The smallest absolute Gasteiger partial charge is 0.222 e. The Hall–Kier alpha value is -3.09. The monoisotopic (exact) mass is 394 g/mol. The minimum Gasteiger partial charge on any atom is -0.497 e. The van der Waals surface area contributed by atoms with Crippen molar-refractivity contribution in [3.63, 3.8) is 0 Å². The molecular weight excluding hydrogens is 368 g/mol. The number of ether oxygens (including phenoxy) is 2. The van der Waals surface area contributed by atoms with Crippen molar-refractivity contribution < 1.29 is 14.3 Å². The average Bonchev–Trinajstić information content (AvgIpc) is 3.21. The summed E-state index contributed by atoms with van der Waals surface area (Å²) in [6.45, 7) is 1.48. The second kappa shape index (κ2) is 8.51. The zero-order chi connectivity index (χ0) is 20.2. The molecule has 7 heteroatoms. The van der Waals surface area contributed by atoms with E-state index in [4.69, 9.17) is 9.47 Å². The molecule has 29 heavy (non-hydrogen) atoms. The summed E-state index contributed by atoms with van der Waals surface area (Å²) in [6, 6.07) is 11.6. The fourth-order valence-electron chi connectivity index (χ4n) is 4.03. The third-order valence-corrected chi connectivity index (χ3v) is 5.58. The molecule has 1 aliphatic heterocycles. The van der Waals surface area contributed by atoms with Gasteiger partial charge >= 0.3 is 0 Å². The number of pyridine rings is 1. The van der Waals surface area contributed by atoms with E-state index >= 15 is 0 Å². The molecule has 0 radical (unpaired) electrons. The van der Waals surface area contributed by atoms with E-state index in [0.29, 0.717) is 19.4 Å². The van der Waals surface area contributed by atoms with Gasteiger partial charge in [-0.15, -0.1) is 10.2 Å². The third kappa shape index (κ3) is 4.04. The van der Waals surface area contributed by atoms with E-state index in [2.05, 4.69) is 10.2 Å². The summed E-state index contributed by atoms with van der Waals surface area (Å²) in [5, 5.41) is 8.65. The quantitative estimate of drug-likeness (QED) is 0.643. The highest BCUT2D eigenvalue weighted by atomic mass is 16.5. The van der Waals surface area contributed by atoms with Crippen LogP contribution in [0.2, 0.25) is 0 Å². The van der Waals surface area contributed by atoms with Crippen LogP contribution >= 0.6 is 0 Å². The van der Waals surface area contributed by atoms with E-state index in [1.807, 2.05) is 51.9 Å². The molecule has 1 saturated heterocycles. The molecule has 1 fully saturated rings. The summed E-state index contributed by atoms with van der Waals surface area (Å²) in [5.74, 6) is 2.85. The molecule has 4 rings (SSSR count). The minimum absolute atomic E-state index is 0.161. The summed E-state index contributed by atoms with van der Waals surface area (Å²) >= 11 is 0. The van der Waals surface area contributed by atoms with Crippen molar-refractivity contribution >= 4 is 11.6 Å². The standard InChI is InChI=1S/C22H26N4O3/c1-28-18-9-10-19(29-2)16(14-18)8-11-21(27)25-12-5-6-17(15-25)22-24-23-20-7-3-4-13-26(20)22/h3-4,7,9-10,13-14,17H,5-6,8,11-12,15H2,1-2H3. The van der Waals surface area contributed by atoms with E-state index < -0.39 is 0 Å². The number of aryl methyl sites for hydroxylation is 1. The van der Waals surface area contributed by atoms with Crippen LogP contribution in [0, 0.1) is 0 Å². The first-order chi connectivity index (χ1) is 14.2. The van der Waals surface area contributed by atoms with Gasteiger partial charge in [-0.1, -0.05) is 6.07 Å². The lowest BCUT2D eigenvalue weighted by atomic mass is 9.96. The topological polar surface area (TPSA) is 69.0 Å². The second-order valence-corrected chi connectivity index (χ2v) is 7.34. The molecule has 1 atom stereocenters. The summed E-state index contributed by atoms with van der Waals surface area (Å²) in [5.41, 5.74) is 1.83. The molecule has 3 heterocycles. The molecular formula is C22H26N4O3. The van der Waals surface area contributed by atoms with Gasteiger partial charge in [-0.3, -0.25) is 9.20 Å². The van der Waals surface area contributed by atoms with Crippen molar-refractivity contribution in [2.75, 3.05) is 27.3 Å². The number of methoxy groups -OCH3 is 2. The van der Waals surface area contributed by atoms with Gasteiger partial charge in [0.15, 0.2) is 5.65 Å². The molecule has 2 aromatic heterocycles. The Morgan fingerprint density at radius 3 is 2.90 bits per heavy atom. The molecule has 1 aliphatic rings. The van der Waals surface area contributed by atoms with Crippen molar-refractivity contribution in [1.29, 1.82) is 0 Å². The zero-order valence-electron chi connectivity index (χ0n) is 16.9. The van der Waals surface area contributed by atoms with Crippen LogP contribution < -0.4 is 9.47 Å². The lowest BCUT2D eigenvalue weighted by Gasteiger charge is -2.32. The molecule has 0 aliphatic carbocycles. The molecule has 3 aromatic rings. The van der Waals surface area contributed by atoms with Crippen LogP contribution in [-0.4, -0.2) is 52.7 Å². The Labute approximate surface area is 170 Å². The maximum absolute atomic E-state index is 12.9. The molecule has 0 saturated carbocycles. The number of hydrogen-bond acceptors (Lipinski definition) is 5. The summed E-state index contributed by atoms with van der Waals surface area (Å²) in [7, 11) is 3.28. The highest BCUT2D eigenvalue weighted by Gasteiger charge is 2.27. The molecule has 1 amide bonds. The van der Waals surface area contributed by atoms with Crippen molar-refractivity contribution in [2.45, 2.75) is 31.6 Å². The number of benzene rings is 1. The number of piperidine rings is 1. The van der Waals surface area contributed by atoms with Gasteiger partial charge in [0.25, 0.3) is 0 Å². The van der Waals surface area contributed by atoms with Crippen LogP contribution in [0.1, 0.15) is 36.6 Å². The van der Waals surface area contributed by atoms with Gasteiger partial charge in [0.1, 0.15) is 17.3 Å². The molecule has 1 unspecified atom stereocenters. The SMILES string of the molecule is COc1ccc(OC)c(CCC(=O)N2CCCC(c3nnc4ccccn34)C2)c1. The zero-order valence-corrected chi connectivity index (χ0v) is 16.9. The Morgan fingerprint density at radius 2 is 2.07 bits per heavy atom. The minimum atomic E-state index is 0.161. The van der Waals surface area contributed by atoms with Crippen LogP contribution in [-0.2, 0) is 11.2 Å². The van der Waals surface area contributed by atoms with Gasteiger partial charge in [-0.05, 0) is 55.2 Å². The number of carbonyl (C=O) groups excluding carboxylic acids is 1.